The van der Waals surface area contributed by atoms with Crippen molar-refractivity contribution in [1.82, 2.24) is 10.3 Å². The second-order valence-corrected chi connectivity index (χ2v) is 4.78. The number of aromatic nitrogens is 1. The third-order valence-electron chi connectivity index (χ3n) is 3.30. The molecular formula is C13H17FN2O. The molecular weight excluding hydrogens is 219 g/mol. The molecule has 1 aliphatic rings. The summed E-state index contributed by atoms with van der Waals surface area (Å²) in [5.74, 6) is -0.144. The maximum absolute atomic E-state index is 12.9. The van der Waals surface area contributed by atoms with Gasteiger partial charge in [0.2, 0.25) is 5.95 Å². The van der Waals surface area contributed by atoms with E-state index in [0.717, 1.165) is 31.6 Å². The van der Waals surface area contributed by atoms with Crippen molar-refractivity contribution in [3.05, 3.63) is 29.8 Å². The van der Waals surface area contributed by atoms with E-state index < -0.39 is 5.95 Å². The van der Waals surface area contributed by atoms with Crippen LogP contribution in [0.3, 0.4) is 0 Å². The van der Waals surface area contributed by atoms with Crippen LogP contribution in [0.2, 0.25) is 0 Å². The van der Waals surface area contributed by atoms with Crippen LogP contribution in [-0.2, 0) is 0 Å². The van der Waals surface area contributed by atoms with Gasteiger partial charge in [-0.3, -0.25) is 4.79 Å². The molecule has 1 N–H and O–H groups in total. The zero-order valence-corrected chi connectivity index (χ0v) is 9.95. The summed E-state index contributed by atoms with van der Waals surface area (Å²) in [5, 5.41) is 2.91. The van der Waals surface area contributed by atoms with Crippen LogP contribution in [0.15, 0.2) is 18.2 Å². The zero-order chi connectivity index (χ0) is 12.3. The average Bonchev–Trinajstić information content (AvgIpc) is 2.32. The highest BCUT2D eigenvalue weighted by Crippen LogP contribution is 2.23. The number of amides is 1. The normalized spacial score (nSPS) is 24.4. The maximum Gasteiger partial charge on any atom is 0.270 e. The second kappa shape index (κ2) is 5.25. The molecule has 92 valence electrons. The van der Waals surface area contributed by atoms with E-state index in [1.165, 1.54) is 18.2 Å². The first-order valence-corrected chi connectivity index (χ1v) is 6.08. The fourth-order valence-corrected chi connectivity index (χ4v) is 2.20. The van der Waals surface area contributed by atoms with Crippen molar-refractivity contribution in [3.8, 4) is 0 Å². The van der Waals surface area contributed by atoms with E-state index in [1.807, 2.05) is 0 Å². The number of hydrogen-bond donors (Lipinski definition) is 1. The lowest BCUT2D eigenvalue weighted by atomic mass is 9.87. The Morgan fingerprint density at radius 1 is 1.35 bits per heavy atom. The van der Waals surface area contributed by atoms with Crippen molar-refractivity contribution in [2.75, 3.05) is 0 Å². The van der Waals surface area contributed by atoms with Crippen molar-refractivity contribution in [2.45, 2.75) is 38.6 Å². The number of halogens is 1. The lowest BCUT2D eigenvalue weighted by Crippen LogP contribution is -2.37. The molecule has 2 rings (SSSR count). The number of nitrogens with one attached hydrogen (secondary N) is 1. The maximum atomic E-state index is 12.9. The Morgan fingerprint density at radius 3 is 2.71 bits per heavy atom. The molecule has 17 heavy (non-hydrogen) atoms. The molecule has 0 bridgehead atoms. The highest BCUT2D eigenvalue weighted by atomic mass is 19.1. The fourth-order valence-electron chi connectivity index (χ4n) is 2.20. The Bertz CT molecular complexity index is 400. The van der Waals surface area contributed by atoms with Gasteiger partial charge >= 0.3 is 0 Å². The van der Waals surface area contributed by atoms with Crippen LogP contribution in [0.4, 0.5) is 4.39 Å². The smallest absolute Gasteiger partial charge is 0.270 e. The topological polar surface area (TPSA) is 42.0 Å². The highest BCUT2D eigenvalue weighted by molar-refractivity contribution is 5.92. The van der Waals surface area contributed by atoms with Gasteiger partial charge in [0, 0.05) is 6.04 Å². The van der Waals surface area contributed by atoms with Crippen molar-refractivity contribution >= 4 is 5.91 Å². The molecule has 1 aromatic rings. The van der Waals surface area contributed by atoms with E-state index >= 15 is 0 Å². The molecule has 0 saturated heterocycles. The van der Waals surface area contributed by atoms with Gasteiger partial charge in [0.15, 0.2) is 0 Å². The third kappa shape index (κ3) is 3.25. The van der Waals surface area contributed by atoms with Gasteiger partial charge in [0.25, 0.3) is 5.91 Å². The summed E-state index contributed by atoms with van der Waals surface area (Å²) >= 11 is 0. The van der Waals surface area contributed by atoms with E-state index in [0.29, 0.717) is 0 Å². The van der Waals surface area contributed by atoms with Crippen LogP contribution in [0.1, 0.15) is 43.1 Å². The van der Waals surface area contributed by atoms with Gasteiger partial charge in [-0.1, -0.05) is 13.0 Å². The van der Waals surface area contributed by atoms with E-state index in [4.69, 9.17) is 0 Å². The van der Waals surface area contributed by atoms with Gasteiger partial charge in [0.05, 0.1) is 0 Å². The molecule has 0 aromatic carbocycles. The van der Waals surface area contributed by atoms with Crippen LogP contribution < -0.4 is 5.32 Å². The molecule has 1 fully saturated rings. The number of carbonyl (C=O) groups excluding carboxylic acids is 1. The lowest BCUT2D eigenvalue weighted by Gasteiger charge is -2.26. The summed E-state index contributed by atoms with van der Waals surface area (Å²) in [6, 6.07) is 4.48. The molecule has 4 heteroatoms. The number of nitrogens with zero attached hydrogens (tertiary/aromatic N) is 1. The number of rotatable bonds is 2. The van der Waals surface area contributed by atoms with Crippen LogP contribution >= 0.6 is 0 Å². The van der Waals surface area contributed by atoms with Crippen LogP contribution in [-0.4, -0.2) is 16.9 Å². The number of pyridine rings is 1. The molecule has 1 heterocycles. The molecule has 1 aliphatic carbocycles. The quantitative estimate of drug-likeness (QED) is 0.802. The SMILES string of the molecule is CC1CCC(NC(=O)c2cccc(F)n2)CC1. The summed E-state index contributed by atoms with van der Waals surface area (Å²) in [4.78, 5) is 15.4. The Labute approximate surface area is 100 Å². The zero-order valence-electron chi connectivity index (χ0n) is 9.95. The van der Waals surface area contributed by atoms with E-state index in [9.17, 15) is 9.18 Å². The predicted molar refractivity (Wildman–Crippen MR) is 63.1 cm³/mol. The summed E-state index contributed by atoms with van der Waals surface area (Å²) in [5.41, 5.74) is 0.156. The lowest BCUT2D eigenvalue weighted by molar-refractivity contribution is 0.0916. The van der Waals surface area contributed by atoms with E-state index in [1.54, 1.807) is 0 Å². The second-order valence-electron chi connectivity index (χ2n) is 4.78. The minimum absolute atomic E-state index is 0.156. The number of hydrogen-bond acceptors (Lipinski definition) is 2. The van der Waals surface area contributed by atoms with Gasteiger partial charge in [0.1, 0.15) is 5.69 Å². The van der Waals surface area contributed by atoms with E-state index in [-0.39, 0.29) is 17.6 Å². The molecule has 1 aromatic heterocycles. The van der Waals surface area contributed by atoms with Crippen LogP contribution in [0.25, 0.3) is 0 Å². The average molecular weight is 236 g/mol. The Kier molecular flexibility index (Phi) is 3.71. The van der Waals surface area contributed by atoms with Gasteiger partial charge in [-0.15, -0.1) is 0 Å². The first kappa shape index (κ1) is 12.0. The van der Waals surface area contributed by atoms with Crippen molar-refractivity contribution in [1.29, 1.82) is 0 Å². The molecule has 1 saturated carbocycles. The fraction of sp³-hybridized carbons (Fsp3) is 0.538. The van der Waals surface area contributed by atoms with Gasteiger partial charge < -0.3 is 5.32 Å². The predicted octanol–water partition coefficient (Wildman–Crippen LogP) is 2.53. The van der Waals surface area contributed by atoms with Crippen molar-refractivity contribution in [2.24, 2.45) is 5.92 Å². The Hall–Kier alpha value is -1.45. The highest BCUT2D eigenvalue weighted by Gasteiger charge is 2.20. The van der Waals surface area contributed by atoms with E-state index in [2.05, 4.69) is 17.2 Å². The Balaban J connectivity index is 1.93. The first-order chi connectivity index (χ1) is 8.15. The third-order valence-corrected chi connectivity index (χ3v) is 3.30. The van der Waals surface area contributed by atoms with Crippen molar-refractivity contribution in [3.63, 3.8) is 0 Å². The van der Waals surface area contributed by atoms with Gasteiger partial charge in [-0.05, 0) is 43.7 Å². The largest absolute Gasteiger partial charge is 0.348 e. The molecule has 0 aliphatic heterocycles. The summed E-state index contributed by atoms with van der Waals surface area (Å²) in [6.45, 7) is 2.23. The minimum Gasteiger partial charge on any atom is -0.348 e. The molecule has 0 radical (unpaired) electrons. The molecule has 1 amide bonds. The van der Waals surface area contributed by atoms with Crippen LogP contribution in [0.5, 0.6) is 0 Å². The standard InChI is InChI=1S/C13H17FN2O/c1-9-5-7-10(8-6-9)15-13(17)11-3-2-4-12(14)16-11/h2-4,9-10H,5-8H2,1H3,(H,15,17). The van der Waals surface area contributed by atoms with Gasteiger partial charge in [-0.25, -0.2) is 4.98 Å². The molecule has 0 unspecified atom stereocenters. The summed E-state index contributed by atoms with van der Waals surface area (Å²) < 4.78 is 12.9. The summed E-state index contributed by atoms with van der Waals surface area (Å²) in [7, 11) is 0. The molecule has 0 spiro atoms. The first-order valence-electron chi connectivity index (χ1n) is 6.08. The Morgan fingerprint density at radius 2 is 2.06 bits per heavy atom. The number of carbonyl (C=O) groups is 1. The monoisotopic (exact) mass is 236 g/mol. The van der Waals surface area contributed by atoms with Crippen molar-refractivity contribution < 1.29 is 9.18 Å². The van der Waals surface area contributed by atoms with Crippen LogP contribution in [0, 0.1) is 11.9 Å². The minimum atomic E-state index is -0.616. The molecule has 0 atom stereocenters. The summed E-state index contributed by atoms with van der Waals surface area (Å²) in [6.07, 6.45) is 4.29. The molecule has 3 nitrogen and oxygen atoms in total. The van der Waals surface area contributed by atoms with Gasteiger partial charge in [-0.2, -0.15) is 4.39 Å².